The number of amides is 1. The van der Waals surface area contributed by atoms with Gasteiger partial charge in [-0.15, -0.1) is 0 Å². The van der Waals surface area contributed by atoms with Crippen LogP contribution in [-0.2, 0) is 4.79 Å². The minimum atomic E-state index is -1.03. The zero-order valence-corrected chi connectivity index (χ0v) is 11.7. The SMILES string of the molecule is CC(C)(C)C(NC(=O)c1ccc2[nH]ccc2c1)C(=O)O. The third kappa shape index (κ3) is 2.82. The number of H-pyrrole nitrogens is 1. The quantitative estimate of drug-likeness (QED) is 0.803. The molecule has 2 aromatic rings. The number of carbonyl (C=O) groups excluding carboxylic acids is 1. The Kier molecular flexibility index (Phi) is 3.53. The number of carboxylic acids is 1. The lowest BCUT2D eigenvalue weighted by Crippen LogP contribution is -2.49. The summed E-state index contributed by atoms with van der Waals surface area (Å²) in [4.78, 5) is 26.5. The Morgan fingerprint density at radius 2 is 1.95 bits per heavy atom. The topological polar surface area (TPSA) is 82.2 Å². The third-order valence-electron chi connectivity index (χ3n) is 3.20. The molecule has 0 aliphatic rings. The number of carboxylic acid groups (broad SMARTS) is 1. The van der Waals surface area contributed by atoms with Crippen molar-refractivity contribution in [1.82, 2.24) is 10.3 Å². The molecule has 0 saturated heterocycles. The molecule has 106 valence electrons. The van der Waals surface area contributed by atoms with Crippen LogP contribution in [-0.4, -0.2) is 28.0 Å². The molecule has 1 aromatic heterocycles. The Morgan fingerprint density at radius 1 is 1.25 bits per heavy atom. The van der Waals surface area contributed by atoms with Crippen LogP contribution in [0.3, 0.4) is 0 Å². The Morgan fingerprint density at radius 3 is 2.55 bits per heavy atom. The second-order valence-corrected chi connectivity index (χ2v) is 5.89. The zero-order chi connectivity index (χ0) is 14.9. The van der Waals surface area contributed by atoms with Gasteiger partial charge in [0.2, 0.25) is 0 Å². The van der Waals surface area contributed by atoms with Crippen LogP contribution in [0.15, 0.2) is 30.5 Å². The Balaban J connectivity index is 2.24. The van der Waals surface area contributed by atoms with E-state index in [2.05, 4.69) is 10.3 Å². The van der Waals surface area contributed by atoms with Gasteiger partial charge in [0.25, 0.3) is 5.91 Å². The van der Waals surface area contributed by atoms with Crippen LogP contribution in [0.2, 0.25) is 0 Å². The highest BCUT2D eigenvalue weighted by atomic mass is 16.4. The van der Waals surface area contributed by atoms with Crippen molar-refractivity contribution in [2.75, 3.05) is 0 Å². The fourth-order valence-electron chi connectivity index (χ4n) is 2.06. The number of hydrogen-bond acceptors (Lipinski definition) is 2. The summed E-state index contributed by atoms with van der Waals surface area (Å²) in [5.41, 5.74) is 0.833. The number of aromatic nitrogens is 1. The van der Waals surface area contributed by atoms with Gasteiger partial charge in [-0.3, -0.25) is 4.79 Å². The largest absolute Gasteiger partial charge is 0.480 e. The maximum Gasteiger partial charge on any atom is 0.326 e. The molecule has 0 aliphatic heterocycles. The van der Waals surface area contributed by atoms with Gasteiger partial charge in [0, 0.05) is 22.7 Å². The van der Waals surface area contributed by atoms with E-state index in [9.17, 15) is 14.7 Å². The van der Waals surface area contributed by atoms with Crippen molar-refractivity contribution in [2.24, 2.45) is 5.41 Å². The average Bonchev–Trinajstić information content (AvgIpc) is 2.80. The number of benzene rings is 1. The van der Waals surface area contributed by atoms with Crippen molar-refractivity contribution in [3.05, 3.63) is 36.0 Å². The molecular weight excluding hydrogens is 256 g/mol. The summed E-state index contributed by atoms with van der Waals surface area (Å²) in [7, 11) is 0. The molecule has 1 unspecified atom stereocenters. The summed E-state index contributed by atoms with van der Waals surface area (Å²) in [6, 6.07) is 6.15. The highest BCUT2D eigenvalue weighted by Crippen LogP contribution is 2.20. The molecule has 1 amide bonds. The third-order valence-corrected chi connectivity index (χ3v) is 3.20. The van der Waals surface area contributed by atoms with Gasteiger partial charge in [0.05, 0.1) is 0 Å². The van der Waals surface area contributed by atoms with E-state index in [-0.39, 0.29) is 5.91 Å². The fourth-order valence-corrected chi connectivity index (χ4v) is 2.06. The Bertz CT molecular complexity index is 652. The van der Waals surface area contributed by atoms with Gasteiger partial charge in [-0.1, -0.05) is 20.8 Å². The van der Waals surface area contributed by atoms with Gasteiger partial charge in [-0.2, -0.15) is 0 Å². The number of hydrogen-bond donors (Lipinski definition) is 3. The molecule has 3 N–H and O–H groups in total. The van der Waals surface area contributed by atoms with Gasteiger partial charge in [-0.25, -0.2) is 4.79 Å². The molecular formula is C15H18N2O3. The molecule has 0 fully saturated rings. The van der Waals surface area contributed by atoms with Gasteiger partial charge in [0.1, 0.15) is 6.04 Å². The lowest BCUT2D eigenvalue weighted by atomic mass is 9.86. The predicted octanol–water partition coefficient (Wildman–Crippen LogP) is 2.40. The number of aromatic amines is 1. The monoisotopic (exact) mass is 274 g/mol. The number of aliphatic carboxylic acids is 1. The molecule has 0 saturated carbocycles. The van der Waals surface area contributed by atoms with Gasteiger partial charge < -0.3 is 15.4 Å². The molecule has 1 atom stereocenters. The van der Waals surface area contributed by atoms with Crippen molar-refractivity contribution in [3.63, 3.8) is 0 Å². The lowest BCUT2D eigenvalue weighted by Gasteiger charge is -2.27. The van der Waals surface area contributed by atoms with Crippen LogP contribution >= 0.6 is 0 Å². The number of rotatable bonds is 3. The second kappa shape index (κ2) is 5.00. The molecule has 5 heteroatoms. The summed E-state index contributed by atoms with van der Waals surface area (Å²) in [5, 5.41) is 12.7. The van der Waals surface area contributed by atoms with Crippen molar-refractivity contribution < 1.29 is 14.7 Å². The summed E-state index contributed by atoms with van der Waals surface area (Å²) in [6.45, 7) is 5.34. The van der Waals surface area contributed by atoms with E-state index in [0.29, 0.717) is 5.56 Å². The van der Waals surface area contributed by atoms with Crippen LogP contribution in [0.4, 0.5) is 0 Å². The first-order valence-corrected chi connectivity index (χ1v) is 6.40. The summed E-state index contributed by atoms with van der Waals surface area (Å²) in [5.74, 6) is -1.41. The van der Waals surface area contributed by atoms with Crippen molar-refractivity contribution >= 4 is 22.8 Å². The summed E-state index contributed by atoms with van der Waals surface area (Å²) < 4.78 is 0. The van der Waals surface area contributed by atoms with E-state index in [4.69, 9.17) is 0 Å². The van der Waals surface area contributed by atoms with Crippen molar-refractivity contribution in [2.45, 2.75) is 26.8 Å². The standard InChI is InChI=1S/C15H18N2O3/c1-15(2,3)12(14(19)20)17-13(18)10-4-5-11-9(8-10)6-7-16-11/h4-8,12,16H,1-3H3,(H,17,18)(H,19,20). The van der Waals surface area contributed by atoms with Gasteiger partial charge in [0.15, 0.2) is 0 Å². The maximum atomic E-state index is 12.2. The summed E-state index contributed by atoms with van der Waals surface area (Å²) in [6.07, 6.45) is 1.79. The predicted molar refractivity (Wildman–Crippen MR) is 76.6 cm³/mol. The first-order valence-electron chi connectivity index (χ1n) is 6.40. The van der Waals surface area contributed by atoms with E-state index in [1.807, 2.05) is 6.07 Å². The van der Waals surface area contributed by atoms with Crippen LogP contribution in [0.5, 0.6) is 0 Å². The maximum absolute atomic E-state index is 12.2. The van der Waals surface area contributed by atoms with E-state index < -0.39 is 17.4 Å². The molecule has 20 heavy (non-hydrogen) atoms. The van der Waals surface area contributed by atoms with Gasteiger partial charge >= 0.3 is 5.97 Å². The number of fused-ring (bicyclic) bond motifs is 1. The van der Waals surface area contributed by atoms with Crippen molar-refractivity contribution in [3.8, 4) is 0 Å². The fraction of sp³-hybridized carbons (Fsp3) is 0.333. The number of nitrogens with one attached hydrogen (secondary N) is 2. The van der Waals surface area contributed by atoms with Crippen LogP contribution < -0.4 is 5.32 Å². The highest BCUT2D eigenvalue weighted by molar-refractivity contribution is 5.99. The van der Waals surface area contributed by atoms with Gasteiger partial charge in [-0.05, 0) is 29.7 Å². The van der Waals surface area contributed by atoms with E-state index in [1.54, 1.807) is 45.2 Å². The minimum absolute atomic E-state index is 0.379. The molecule has 0 bridgehead atoms. The second-order valence-electron chi connectivity index (χ2n) is 5.89. The lowest BCUT2D eigenvalue weighted by molar-refractivity contribution is -0.142. The molecule has 1 heterocycles. The first kappa shape index (κ1) is 14.1. The van der Waals surface area contributed by atoms with Crippen molar-refractivity contribution in [1.29, 1.82) is 0 Å². The average molecular weight is 274 g/mol. The molecule has 0 radical (unpaired) electrons. The Labute approximate surface area is 117 Å². The van der Waals surface area contributed by atoms with E-state index in [0.717, 1.165) is 10.9 Å². The molecule has 5 nitrogen and oxygen atoms in total. The smallest absolute Gasteiger partial charge is 0.326 e. The highest BCUT2D eigenvalue weighted by Gasteiger charge is 2.32. The minimum Gasteiger partial charge on any atom is -0.480 e. The molecule has 2 rings (SSSR count). The molecule has 0 spiro atoms. The van der Waals surface area contributed by atoms with E-state index >= 15 is 0 Å². The van der Waals surface area contributed by atoms with Crippen LogP contribution in [0.1, 0.15) is 31.1 Å². The van der Waals surface area contributed by atoms with Crippen LogP contribution in [0, 0.1) is 5.41 Å². The zero-order valence-electron chi connectivity index (χ0n) is 11.7. The van der Waals surface area contributed by atoms with E-state index in [1.165, 1.54) is 0 Å². The summed E-state index contributed by atoms with van der Waals surface area (Å²) >= 11 is 0. The number of carbonyl (C=O) groups is 2. The molecule has 0 aliphatic carbocycles. The first-order chi connectivity index (χ1) is 9.29. The normalized spacial score (nSPS) is 13.2. The van der Waals surface area contributed by atoms with Crippen LogP contribution in [0.25, 0.3) is 10.9 Å². The molecule has 1 aromatic carbocycles. The Hall–Kier alpha value is -2.30.